The highest BCUT2D eigenvalue weighted by atomic mass is 19.1. The Balaban J connectivity index is 1.33. The summed E-state index contributed by atoms with van der Waals surface area (Å²) >= 11 is 0. The lowest BCUT2D eigenvalue weighted by Gasteiger charge is -2.28. The van der Waals surface area contributed by atoms with Gasteiger partial charge in [-0.2, -0.15) is 5.10 Å². The molecule has 2 fully saturated rings. The first kappa shape index (κ1) is 17.9. The number of fused-ring (bicyclic) bond motifs is 2. The Morgan fingerprint density at radius 1 is 1.25 bits per heavy atom. The molecule has 1 aliphatic carbocycles. The number of aromatic nitrogens is 2. The second-order valence-electron chi connectivity index (χ2n) is 8.46. The van der Waals surface area contributed by atoms with Crippen LogP contribution in [0.15, 0.2) is 24.3 Å². The van der Waals surface area contributed by atoms with Crippen LogP contribution in [-0.2, 0) is 24.1 Å². The van der Waals surface area contributed by atoms with Crippen molar-refractivity contribution in [2.24, 2.45) is 11.8 Å². The summed E-state index contributed by atoms with van der Waals surface area (Å²) in [6.45, 7) is 2.59. The minimum atomic E-state index is -0.234. The molecule has 3 aliphatic rings. The fraction of sp³-hybridized carbons (Fsp3) is 0.545. The van der Waals surface area contributed by atoms with Gasteiger partial charge in [-0.3, -0.25) is 9.89 Å². The van der Waals surface area contributed by atoms with E-state index in [2.05, 4.69) is 15.5 Å². The number of hydrogen-bond donors (Lipinski definition) is 2. The number of carbonyl (C=O) groups is 1. The molecule has 2 N–H and O–H groups in total. The molecule has 0 radical (unpaired) electrons. The van der Waals surface area contributed by atoms with Crippen LogP contribution in [0.4, 0.5) is 4.39 Å². The van der Waals surface area contributed by atoms with E-state index in [1.54, 1.807) is 12.1 Å². The zero-order valence-electron chi connectivity index (χ0n) is 16.1. The van der Waals surface area contributed by atoms with E-state index in [1.807, 2.05) is 11.0 Å². The first-order valence-electron chi connectivity index (χ1n) is 10.5. The predicted molar refractivity (Wildman–Crippen MR) is 104 cm³/mol. The second-order valence-corrected chi connectivity index (χ2v) is 8.46. The summed E-state index contributed by atoms with van der Waals surface area (Å²) in [5, 5.41) is 11.1. The van der Waals surface area contributed by atoms with Gasteiger partial charge in [0.15, 0.2) is 0 Å². The molecule has 2 saturated heterocycles. The van der Waals surface area contributed by atoms with Crippen molar-refractivity contribution in [1.82, 2.24) is 20.4 Å². The Bertz CT molecular complexity index is 879. The first-order chi connectivity index (χ1) is 13.7. The van der Waals surface area contributed by atoms with Crippen LogP contribution in [0.2, 0.25) is 0 Å². The van der Waals surface area contributed by atoms with E-state index in [0.717, 1.165) is 43.7 Å². The highest BCUT2D eigenvalue weighted by molar-refractivity contribution is 5.77. The number of likely N-dealkylation sites (tertiary alicyclic amines) is 1. The summed E-state index contributed by atoms with van der Waals surface area (Å²) in [5.74, 6) is 0.748. The number of H-pyrrole nitrogens is 1. The molecule has 1 aromatic carbocycles. The SMILES string of the molecule is O=C(CCc1n[nH]c2c1CCCC2)N1C[C@@H]2CNC[C@@H]2[C@H]1c1cccc(F)c1. The van der Waals surface area contributed by atoms with Crippen LogP contribution < -0.4 is 5.32 Å². The van der Waals surface area contributed by atoms with E-state index in [4.69, 9.17) is 0 Å². The lowest BCUT2D eigenvalue weighted by atomic mass is 9.89. The van der Waals surface area contributed by atoms with Crippen LogP contribution in [0.1, 0.15) is 47.8 Å². The van der Waals surface area contributed by atoms with Crippen molar-refractivity contribution in [2.75, 3.05) is 19.6 Å². The molecule has 148 valence electrons. The largest absolute Gasteiger partial charge is 0.335 e. The van der Waals surface area contributed by atoms with E-state index >= 15 is 0 Å². The topological polar surface area (TPSA) is 61.0 Å². The number of amides is 1. The van der Waals surface area contributed by atoms with Crippen LogP contribution in [0.3, 0.4) is 0 Å². The van der Waals surface area contributed by atoms with Crippen molar-refractivity contribution in [1.29, 1.82) is 0 Å². The summed E-state index contributed by atoms with van der Waals surface area (Å²) in [6.07, 6.45) is 5.72. The van der Waals surface area contributed by atoms with Crippen LogP contribution in [0, 0.1) is 17.7 Å². The molecule has 0 spiro atoms. The summed E-state index contributed by atoms with van der Waals surface area (Å²) in [5.41, 5.74) is 4.57. The normalized spacial score (nSPS) is 26.3. The summed E-state index contributed by atoms with van der Waals surface area (Å²) < 4.78 is 13.9. The monoisotopic (exact) mass is 382 g/mol. The van der Waals surface area contributed by atoms with E-state index < -0.39 is 0 Å². The quantitative estimate of drug-likeness (QED) is 0.855. The zero-order valence-corrected chi connectivity index (χ0v) is 16.1. The molecule has 0 unspecified atom stereocenters. The molecule has 5 rings (SSSR count). The van der Waals surface area contributed by atoms with E-state index in [1.165, 1.54) is 30.2 Å². The maximum atomic E-state index is 13.9. The van der Waals surface area contributed by atoms with Gasteiger partial charge >= 0.3 is 0 Å². The van der Waals surface area contributed by atoms with E-state index in [-0.39, 0.29) is 17.8 Å². The van der Waals surface area contributed by atoms with Crippen molar-refractivity contribution < 1.29 is 9.18 Å². The van der Waals surface area contributed by atoms with Crippen molar-refractivity contribution >= 4 is 5.91 Å². The van der Waals surface area contributed by atoms with Gasteiger partial charge < -0.3 is 10.2 Å². The molecule has 2 aromatic rings. The van der Waals surface area contributed by atoms with E-state index in [0.29, 0.717) is 24.7 Å². The molecule has 5 nitrogen and oxygen atoms in total. The van der Waals surface area contributed by atoms with Gasteiger partial charge in [0.05, 0.1) is 11.7 Å². The number of nitrogens with zero attached hydrogens (tertiary/aromatic N) is 2. The van der Waals surface area contributed by atoms with Gasteiger partial charge in [0.1, 0.15) is 5.82 Å². The molecule has 1 amide bonds. The van der Waals surface area contributed by atoms with Gasteiger partial charge in [-0.15, -0.1) is 0 Å². The Hall–Kier alpha value is -2.21. The molecular formula is C22H27FN4O. The van der Waals surface area contributed by atoms with Crippen molar-refractivity contribution in [3.63, 3.8) is 0 Å². The predicted octanol–water partition coefficient (Wildman–Crippen LogP) is 2.78. The molecule has 1 aromatic heterocycles. The highest BCUT2D eigenvalue weighted by Crippen LogP contribution is 2.43. The number of rotatable bonds is 4. The number of aromatic amines is 1. The summed E-state index contributed by atoms with van der Waals surface area (Å²) in [4.78, 5) is 15.2. The second kappa shape index (κ2) is 7.32. The zero-order chi connectivity index (χ0) is 19.1. The molecular weight excluding hydrogens is 355 g/mol. The van der Waals surface area contributed by atoms with Crippen LogP contribution >= 0.6 is 0 Å². The van der Waals surface area contributed by atoms with Gasteiger partial charge in [-0.05, 0) is 54.9 Å². The minimum absolute atomic E-state index is 0.0312. The summed E-state index contributed by atoms with van der Waals surface area (Å²) in [6, 6.07) is 6.74. The maximum Gasteiger partial charge on any atom is 0.223 e. The number of hydrogen-bond acceptors (Lipinski definition) is 3. The average molecular weight is 382 g/mol. The Labute approximate surface area is 164 Å². The molecule has 0 bridgehead atoms. The number of halogens is 1. The standard InChI is InChI=1S/C22H27FN4O/c23-16-5-3-4-14(10-16)22-18-12-24-11-15(18)13-27(22)21(28)9-8-20-17-6-1-2-7-19(17)25-26-20/h3-5,10,15,18,22,24H,1-2,6-9,11-13H2,(H,25,26)/t15-,18-,22+/m0/s1. The van der Waals surface area contributed by atoms with Crippen molar-refractivity contribution in [2.45, 2.75) is 44.6 Å². The van der Waals surface area contributed by atoms with Crippen molar-refractivity contribution in [3.8, 4) is 0 Å². The minimum Gasteiger partial charge on any atom is -0.335 e. The fourth-order valence-corrected chi connectivity index (χ4v) is 5.42. The van der Waals surface area contributed by atoms with E-state index in [9.17, 15) is 9.18 Å². The number of carbonyl (C=O) groups excluding carboxylic acids is 1. The maximum absolute atomic E-state index is 13.9. The van der Waals surface area contributed by atoms with Gasteiger partial charge in [0.2, 0.25) is 5.91 Å². The van der Waals surface area contributed by atoms with Gasteiger partial charge in [0, 0.05) is 44.1 Å². The van der Waals surface area contributed by atoms with Gasteiger partial charge in [0.25, 0.3) is 0 Å². The lowest BCUT2D eigenvalue weighted by molar-refractivity contribution is -0.132. The molecule has 6 heteroatoms. The average Bonchev–Trinajstić information content (AvgIpc) is 3.40. The molecule has 3 heterocycles. The fourth-order valence-electron chi connectivity index (χ4n) is 5.42. The first-order valence-corrected chi connectivity index (χ1v) is 10.5. The van der Waals surface area contributed by atoms with Gasteiger partial charge in [-0.25, -0.2) is 4.39 Å². The summed E-state index contributed by atoms with van der Waals surface area (Å²) in [7, 11) is 0. The number of nitrogens with one attached hydrogen (secondary N) is 2. The highest BCUT2D eigenvalue weighted by Gasteiger charge is 2.46. The van der Waals surface area contributed by atoms with Crippen LogP contribution in [-0.4, -0.2) is 40.6 Å². The molecule has 0 saturated carbocycles. The lowest BCUT2D eigenvalue weighted by Crippen LogP contribution is -2.35. The Morgan fingerprint density at radius 3 is 3.04 bits per heavy atom. The Kier molecular flexibility index (Phi) is 4.67. The molecule has 28 heavy (non-hydrogen) atoms. The van der Waals surface area contributed by atoms with Gasteiger partial charge in [-0.1, -0.05) is 12.1 Å². The third-order valence-corrected chi connectivity index (χ3v) is 6.79. The van der Waals surface area contributed by atoms with Crippen LogP contribution in [0.5, 0.6) is 0 Å². The molecule has 3 atom stereocenters. The third kappa shape index (κ3) is 3.13. The Morgan fingerprint density at radius 2 is 2.14 bits per heavy atom. The van der Waals surface area contributed by atoms with Crippen LogP contribution in [0.25, 0.3) is 0 Å². The number of benzene rings is 1. The van der Waals surface area contributed by atoms with Crippen molar-refractivity contribution in [3.05, 3.63) is 52.6 Å². The smallest absolute Gasteiger partial charge is 0.223 e. The number of aryl methyl sites for hydroxylation is 2. The molecule has 2 aliphatic heterocycles. The third-order valence-electron chi connectivity index (χ3n) is 6.79.